The highest BCUT2D eigenvalue weighted by atomic mass is 15.1. The van der Waals surface area contributed by atoms with Gasteiger partial charge in [-0.15, -0.1) is 0 Å². The molecule has 1 aromatic heterocycles. The smallest absolute Gasteiger partial charge is 0.0725 e. The van der Waals surface area contributed by atoms with E-state index in [-0.39, 0.29) is 0 Å². The van der Waals surface area contributed by atoms with Crippen LogP contribution in [0.1, 0.15) is 27.8 Å². The molecule has 2 heterocycles. The summed E-state index contributed by atoms with van der Waals surface area (Å²) in [5.41, 5.74) is 18.1. The van der Waals surface area contributed by atoms with Crippen LogP contribution < -0.4 is 4.90 Å². The standard InChI is InChI=1S/C50H34N2/c1-33-15-3-2-4-16-34-17-5-12-24-47(34)51(33)35-27-29-45-41(31-35)42-32-36(52-48-25-13-8-20-39(48)40-21-9-14-26-49(40)52)28-30-46(42)50(45)43-22-10-6-18-37(43)38-19-7-11-23-44(38)50/h2-15,17-32H,1,16H2/b4-2-,15-3-. The van der Waals surface area contributed by atoms with E-state index in [2.05, 4.69) is 198 Å². The molecular weight excluding hydrogens is 629 g/mol. The minimum atomic E-state index is -0.428. The number of nitrogens with zero attached hydrogens (tertiary/aromatic N) is 2. The normalized spacial score (nSPS) is 16.1. The molecule has 0 fully saturated rings. The van der Waals surface area contributed by atoms with Gasteiger partial charge in [0.2, 0.25) is 0 Å². The summed E-state index contributed by atoms with van der Waals surface area (Å²) in [6.45, 7) is 4.59. The Morgan fingerprint density at radius 3 is 1.71 bits per heavy atom. The van der Waals surface area contributed by atoms with Gasteiger partial charge >= 0.3 is 0 Å². The van der Waals surface area contributed by atoms with Gasteiger partial charge in [0, 0.05) is 33.5 Å². The second kappa shape index (κ2) is 10.9. The molecule has 3 aliphatic rings. The molecule has 0 atom stereocenters. The fourth-order valence-electron chi connectivity index (χ4n) is 9.48. The minimum absolute atomic E-state index is 0.428. The van der Waals surface area contributed by atoms with E-state index in [4.69, 9.17) is 0 Å². The van der Waals surface area contributed by atoms with Crippen molar-refractivity contribution in [3.63, 3.8) is 0 Å². The predicted molar refractivity (Wildman–Crippen MR) is 217 cm³/mol. The first-order valence-electron chi connectivity index (χ1n) is 18.1. The van der Waals surface area contributed by atoms with Crippen molar-refractivity contribution in [1.29, 1.82) is 0 Å². The van der Waals surface area contributed by atoms with Gasteiger partial charge in [-0.3, -0.25) is 0 Å². The summed E-state index contributed by atoms with van der Waals surface area (Å²) in [5, 5.41) is 2.54. The van der Waals surface area contributed by atoms with Crippen LogP contribution in [0.3, 0.4) is 0 Å². The molecule has 0 N–H and O–H groups in total. The number of allylic oxidation sites excluding steroid dienone is 4. The number of para-hydroxylation sites is 3. The van der Waals surface area contributed by atoms with E-state index in [1.165, 1.54) is 71.9 Å². The zero-order valence-corrected chi connectivity index (χ0v) is 28.6. The third-order valence-electron chi connectivity index (χ3n) is 11.5. The van der Waals surface area contributed by atoms with E-state index < -0.39 is 5.41 Å². The lowest BCUT2D eigenvalue weighted by Crippen LogP contribution is -2.26. The van der Waals surface area contributed by atoms with Gasteiger partial charge in [-0.2, -0.15) is 0 Å². The largest absolute Gasteiger partial charge is 0.311 e. The Bertz CT molecular complexity index is 2760. The van der Waals surface area contributed by atoms with Crippen LogP contribution in [0.4, 0.5) is 11.4 Å². The molecule has 11 rings (SSSR count). The van der Waals surface area contributed by atoms with Gasteiger partial charge in [0.15, 0.2) is 0 Å². The second-order valence-corrected chi connectivity index (χ2v) is 14.1. The number of hydrogen-bond donors (Lipinski definition) is 0. The maximum atomic E-state index is 4.59. The van der Waals surface area contributed by atoms with Gasteiger partial charge in [0.1, 0.15) is 0 Å². The molecule has 2 aliphatic carbocycles. The molecule has 0 saturated carbocycles. The molecule has 0 bridgehead atoms. The van der Waals surface area contributed by atoms with Crippen molar-refractivity contribution in [3.8, 4) is 27.9 Å². The summed E-state index contributed by atoms with van der Waals surface area (Å²) in [4.78, 5) is 2.33. The lowest BCUT2D eigenvalue weighted by molar-refractivity contribution is 0.793. The van der Waals surface area contributed by atoms with E-state index in [0.717, 1.165) is 29.2 Å². The highest BCUT2D eigenvalue weighted by Gasteiger charge is 2.51. The molecule has 0 radical (unpaired) electrons. The molecule has 0 saturated heterocycles. The first-order valence-corrected chi connectivity index (χ1v) is 18.1. The zero-order chi connectivity index (χ0) is 34.4. The number of hydrogen-bond acceptors (Lipinski definition) is 1. The second-order valence-electron chi connectivity index (χ2n) is 14.1. The van der Waals surface area contributed by atoms with Gasteiger partial charge < -0.3 is 9.47 Å². The van der Waals surface area contributed by atoms with Crippen molar-refractivity contribution < 1.29 is 0 Å². The summed E-state index contributed by atoms with van der Waals surface area (Å²) in [7, 11) is 0. The molecule has 2 nitrogen and oxygen atoms in total. The third kappa shape index (κ3) is 3.84. The van der Waals surface area contributed by atoms with Crippen LogP contribution in [0.2, 0.25) is 0 Å². The Kier molecular flexibility index (Phi) is 6.12. The average molecular weight is 663 g/mol. The monoisotopic (exact) mass is 662 g/mol. The van der Waals surface area contributed by atoms with Gasteiger partial charge in [-0.25, -0.2) is 0 Å². The van der Waals surface area contributed by atoms with Crippen molar-refractivity contribution >= 4 is 33.2 Å². The van der Waals surface area contributed by atoms with Crippen LogP contribution in [-0.4, -0.2) is 4.57 Å². The van der Waals surface area contributed by atoms with Crippen LogP contribution in [0.15, 0.2) is 194 Å². The summed E-state index contributed by atoms with van der Waals surface area (Å²) in [6.07, 6.45) is 9.42. The molecule has 0 amide bonds. The number of benzene rings is 7. The number of rotatable bonds is 2. The van der Waals surface area contributed by atoms with Gasteiger partial charge in [-0.1, -0.05) is 140 Å². The van der Waals surface area contributed by atoms with E-state index in [0.29, 0.717) is 0 Å². The number of anilines is 2. The molecule has 1 aliphatic heterocycles. The van der Waals surface area contributed by atoms with E-state index in [9.17, 15) is 0 Å². The first kappa shape index (κ1) is 29.1. The first-order chi connectivity index (χ1) is 25.7. The molecule has 244 valence electrons. The van der Waals surface area contributed by atoms with Crippen molar-refractivity contribution in [2.45, 2.75) is 11.8 Å². The lowest BCUT2D eigenvalue weighted by atomic mass is 9.70. The highest BCUT2D eigenvalue weighted by Crippen LogP contribution is 2.63. The van der Waals surface area contributed by atoms with Crippen molar-refractivity contribution in [1.82, 2.24) is 4.57 Å². The Morgan fingerprint density at radius 1 is 0.481 bits per heavy atom. The average Bonchev–Trinajstić information content (AvgIpc) is 3.81. The Morgan fingerprint density at radius 2 is 1.02 bits per heavy atom. The molecule has 52 heavy (non-hydrogen) atoms. The highest BCUT2D eigenvalue weighted by molar-refractivity contribution is 6.09. The fraction of sp³-hybridized carbons (Fsp3) is 0.0400. The van der Waals surface area contributed by atoms with E-state index in [1.54, 1.807) is 0 Å². The lowest BCUT2D eigenvalue weighted by Gasteiger charge is -2.31. The molecule has 0 unspecified atom stereocenters. The van der Waals surface area contributed by atoms with Crippen LogP contribution in [-0.2, 0) is 11.8 Å². The van der Waals surface area contributed by atoms with Crippen molar-refractivity contribution in [3.05, 3.63) is 222 Å². The van der Waals surface area contributed by atoms with Crippen LogP contribution in [0, 0.1) is 0 Å². The summed E-state index contributed by atoms with van der Waals surface area (Å²) in [5.74, 6) is 0. The van der Waals surface area contributed by atoms with Crippen molar-refractivity contribution in [2.24, 2.45) is 0 Å². The summed E-state index contributed by atoms with van der Waals surface area (Å²) < 4.78 is 2.44. The Balaban J connectivity index is 1.22. The van der Waals surface area contributed by atoms with Crippen LogP contribution >= 0.6 is 0 Å². The molecule has 8 aromatic rings. The predicted octanol–water partition coefficient (Wildman–Crippen LogP) is 12.4. The number of fused-ring (bicyclic) bond motifs is 14. The third-order valence-corrected chi connectivity index (χ3v) is 11.5. The summed E-state index contributed by atoms with van der Waals surface area (Å²) in [6, 6.07) is 58.6. The maximum Gasteiger partial charge on any atom is 0.0725 e. The summed E-state index contributed by atoms with van der Waals surface area (Å²) >= 11 is 0. The van der Waals surface area contributed by atoms with Crippen molar-refractivity contribution in [2.75, 3.05) is 4.90 Å². The topological polar surface area (TPSA) is 8.17 Å². The van der Waals surface area contributed by atoms with Crippen LogP contribution in [0.5, 0.6) is 0 Å². The maximum absolute atomic E-state index is 4.59. The molecule has 2 heteroatoms. The van der Waals surface area contributed by atoms with E-state index >= 15 is 0 Å². The minimum Gasteiger partial charge on any atom is -0.311 e. The Labute approximate surface area is 303 Å². The zero-order valence-electron chi connectivity index (χ0n) is 28.6. The molecular formula is C50H34N2. The Hall–Kier alpha value is -6.64. The van der Waals surface area contributed by atoms with Gasteiger partial charge in [-0.05, 0) is 105 Å². The van der Waals surface area contributed by atoms with Gasteiger partial charge in [0.25, 0.3) is 0 Å². The van der Waals surface area contributed by atoms with Gasteiger partial charge in [0.05, 0.1) is 16.4 Å². The quantitative estimate of drug-likeness (QED) is 0.179. The molecule has 1 spiro atoms. The number of aromatic nitrogens is 1. The fourth-order valence-corrected chi connectivity index (χ4v) is 9.48. The SMILES string of the molecule is C=C1/C=C\C=C/Cc2ccccc2N1c1ccc2c(c1)-c1cc(-n3c4ccccc4c4ccccc43)ccc1C21c2ccccc2-c2ccccc21. The van der Waals surface area contributed by atoms with Crippen LogP contribution in [0.25, 0.3) is 49.7 Å². The molecule has 7 aromatic carbocycles. The van der Waals surface area contributed by atoms with E-state index in [1.807, 2.05) is 0 Å².